The van der Waals surface area contributed by atoms with Crippen LogP contribution in [0.5, 0.6) is 0 Å². The van der Waals surface area contributed by atoms with Crippen molar-refractivity contribution in [1.29, 1.82) is 0 Å². The molecule has 0 radical (unpaired) electrons. The molecule has 3 aromatic carbocycles. The second kappa shape index (κ2) is 14.1. The summed E-state index contributed by atoms with van der Waals surface area (Å²) >= 11 is -4.01. The van der Waals surface area contributed by atoms with E-state index in [2.05, 4.69) is 197 Å². The summed E-state index contributed by atoms with van der Waals surface area (Å²) in [5, 5.41) is 20.5. The molecular formula is C45H66Si2Ti2. The summed E-state index contributed by atoms with van der Waals surface area (Å²) in [6.45, 7) is 27.2. The van der Waals surface area contributed by atoms with E-state index in [4.69, 9.17) is 0 Å². The molecule has 2 unspecified atom stereocenters. The average Bonchev–Trinajstić information content (AvgIpc) is 3.36. The summed E-state index contributed by atoms with van der Waals surface area (Å²) in [5.74, 6) is 0. The first kappa shape index (κ1) is 40.3. The van der Waals surface area contributed by atoms with E-state index < -0.39 is 49.3 Å². The SMILES string of the molecule is CC1=C(C)C(C)([Si](C)(C)c2ccccc2)[C]([Ti]([CH3])([CH3])[CH3])=C1C.CC1=C(C)C(C)([Si](C)(c2ccccc2)c2ccccc2)[C]([Ti]([CH3])([CH3])[CH3])=C1C. The van der Waals surface area contributed by atoms with Gasteiger partial charge in [-0.2, -0.15) is 0 Å². The molecule has 0 bridgehead atoms. The van der Waals surface area contributed by atoms with Crippen LogP contribution in [0.1, 0.15) is 55.4 Å². The van der Waals surface area contributed by atoms with Gasteiger partial charge in [-0.1, -0.05) is 0 Å². The van der Waals surface area contributed by atoms with E-state index in [1.165, 1.54) is 0 Å². The molecule has 0 saturated heterocycles. The Balaban J connectivity index is 0.000000226. The molecule has 0 nitrogen and oxygen atoms in total. The summed E-state index contributed by atoms with van der Waals surface area (Å²) in [4.78, 5) is 0. The summed E-state index contributed by atoms with van der Waals surface area (Å²) in [7, 11) is -3.74. The molecule has 0 fully saturated rings. The van der Waals surface area contributed by atoms with Crippen LogP contribution in [0.25, 0.3) is 0 Å². The molecule has 2 aliphatic carbocycles. The zero-order valence-corrected chi connectivity index (χ0v) is 39.3. The number of allylic oxidation sites excluding steroid dienone is 8. The average molecular weight is 759 g/mol. The second-order valence-corrected chi connectivity index (χ2v) is 42.9. The number of benzene rings is 3. The first-order valence-electron chi connectivity index (χ1n) is 18.5. The van der Waals surface area contributed by atoms with E-state index in [1.54, 1.807) is 49.0 Å². The first-order valence-corrected chi connectivity index (χ1v) is 34.9. The van der Waals surface area contributed by atoms with Crippen LogP contribution in [-0.2, 0) is 33.2 Å². The van der Waals surface area contributed by atoms with Crippen molar-refractivity contribution in [3.63, 3.8) is 0 Å². The van der Waals surface area contributed by atoms with E-state index in [0.29, 0.717) is 0 Å². The van der Waals surface area contributed by atoms with Crippen LogP contribution in [0.4, 0.5) is 0 Å². The van der Waals surface area contributed by atoms with E-state index in [1.807, 2.05) is 7.76 Å². The predicted molar refractivity (Wildman–Crippen MR) is 221 cm³/mol. The third kappa shape index (κ3) is 6.55. The van der Waals surface area contributed by atoms with Crippen molar-refractivity contribution >= 4 is 31.7 Å². The molecule has 0 aliphatic heterocycles. The van der Waals surface area contributed by atoms with Gasteiger partial charge >= 0.3 is 314 Å². The van der Waals surface area contributed by atoms with Crippen molar-refractivity contribution in [3.8, 4) is 0 Å². The van der Waals surface area contributed by atoms with Gasteiger partial charge in [0.1, 0.15) is 0 Å². The van der Waals surface area contributed by atoms with Gasteiger partial charge in [0.15, 0.2) is 0 Å². The zero-order valence-electron chi connectivity index (χ0n) is 34.2. The van der Waals surface area contributed by atoms with Crippen molar-refractivity contribution in [3.05, 3.63) is 132 Å². The van der Waals surface area contributed by atoms with Crippen molar-refractivity contribution < 1.29 is 33.2 Å². The minimum absolute atomic E-state index is 0.141. The Kier molecular flexibility index (Phi) is 11.6. The van der Waals surface area contributed by atoms with Crippen LogP contribution in [0.3, 0.4) is 0 Å². The van der Waals surface area contributed by atoms with Crippen LogP contribution in [-0.4, -0.2) is 16.1 Å². The van der Waals surface area contributed by atoms with Gasteiger partial charge in [0.25, 0.3) is 0 Å². The number of rotatable bonds is 7. The molecule has 0 heterocycles. The van der Waals surface area contributed by atoms with Gasteiger partial charge in [0.05, 0.1) is 0 Å². The topological polar surface area (TPSA) is 0 Å². The van der Waals surface area contributed by atoms with Crippen LogP contribution >= 0.6 is 0 Å². The molecule has 3 aromatic rings. The quantitative estimate of drug-likeness (QED) is 0.211. The molecule has 5 rings (SSSR count). The molecule has 0 saturated carbocycles. The standard InChI is InChI=1S/C22H25Si.C17H23Si.6CH3.2Ti/c1-17-16-22(4,19(3)18(17)2)23(5,20-12-8-6-9-13-20)21-14-10-7-11-15-21;1-13-12-17(4,15(3)14(13)2)18(5,6)16-10-8-7-9-11-16;;;;;;;;/h6-15H,1-5H3;7-11H,1-6H3;6*1H3;;. The fraction of sp³-hybridized carbons (Fsp3) is 0.422. The molecular weight excluding hydrogens is 692 g/mol. The van der Waals surface area contributed by atoms with Crippen LogP contribution in [0, 0.1) is 0 Å². The first-order chi connectivity index (χ1) is 22.5. The number of hydrogen-bond donors (Lipinski definition) is 0. The summed E-state index contributed by atoms with van der Waals surface area (Å²) in [6, 6.07) is 34.0. The Morgan fingerprint density at radius 3 is 1.02 bits per heavy atom. The van der Waals surface area contributed by atoms with Gasteiger partial charge in [-0.15, -0.1) is 0 Å². The fourth-order valence-corrected chi connectivity index (χ4v) is 33.7. The van der Waals surface area contributed by atoms with Crippen LogP contribution in [0.2, 0.25) is 61.1 Å². The van der Waals surface area contributed by atoms with Crippen LogP contribution < -0.4 is 15.6 Å². The molecule has 2 aliphatic rings. The van der Waals surface area contributed by atoms with Gasteiger partial charge in [0, 0.05) is 0 Å². The van der Waals surface area contributed by atoms with E-state index >= 15 is 0 Å². The molecule has 0 aromatic heterocycles. The van der Waals surface area contributed by atoms with Gasteiger partial charge in [-0.05, 0) is 0 Å². The Hall–Kier alpha value is -1.52. The van der Waals surface area contributed by atoms with Gasteiger partial charge in [-0.3, -0.25) is 0 Å². The Labute approximate surface area is 311 Å². The Bertz CT molecular complexity index is 1770. The van der Waals surface area contributed by atoms with Gasteiger partial charge in [-0.25, -0.2) is 0 Å². The molecule has 262 valence electrons. The zero-order chi connectivity index (χ0) is 37.0. The van der Waals surface area contributed by atoms with Crippen molar-refractivity contribution in [2.24, 2.45) is 0 Å². The maximum atomic E-state index is 2.61. The summed E-state index contributed by atoms with van der Waals surface area (Å²) < 4.78 is 3.67. The molecule has 0 N–H and O–H groups in total. The van der Waals surface area contributed by atoms with Crippen molar-refractivity contribution in [2.75, 3.05) is 0 Å². The van der Waals surface area contributed by atoms with Gasteiger partial charge < -0.3 is 0 Å². The maximum absolute atomic E-state index is 2.61. The molecule has 0 amide bonds. The molecule has 4 heteroatoms. The summed E-state index contributed by atoms with van der Waals surface area (Å²) in [5.41, 5.74) is 9.56. The predicted octanol–water partition coefficient (Wildman–Crippen LogP) is 12.8. The monoisotopic (exact) mass is 758 g/mol. The van der Waals surface area contributed by atoms with Gasteiger partial charge in [0.2, 0.25) is 0 Å². The Morgan fingerprint density at radius 2 is 0.694 bits per heavy atom. The second-order valence-electron chi connectivity index (χ2n) is 18.1. The number of hydrogen-bond acceptors (Lipinski definition) is 0. The van der Waals surface area contributed by atoms with Crippen LogP contribution in [0.15, 0.2) is 132 Å². The fourth-order valence-electron chi connectivity index (χ4n) is 10.3. The van der Waals surface area contributed by atoms with Crippen molar-refractivity contribution in [1.82, 2.24) is 0 Å². The summed E-state index contributed by atoms with van der Waals surface area (Å²) in [6.07, 6.45) is 0. The molecule has 49 heavy (non-hydrogen) atoms. The van der Waals surface area contributed by atoms with Crippen molar-refractivity contribution in [2.45, 2.75) is 116 Å². The van der Waals surface area contributed by atoms with E-state index in [-0.39, 0.29) is 10.1 Å². The Morgan fingerprint density at radius 1 is 0.408 bits per heavy atom. The third-order valence-electron chi connectivity index (χ3n) is 13.4. The third-order valence-corrected chi connectivity index (χ3v) is 32.1. The van der Waals surface area contributed by atoms with E-state index in [9.17, 15) is 0 Å². The molecule has 2 atom stereocenters. The molecule has 0 spiro atoms. The normalized spacial score (nSPS) is 22.2. The van der Waals surface area contributed by atoms with E-state index in [0.717, 1.165) is 0 Å². The minimum atomic E-state index is -2.08.